The highest BCUT2D eigenvalue weighted by atomic mass is 19.1. The molecule has 0 N–H and O–H groups in total. The molecule has 1 amide bonds. The van der Waals surface area contributed by atoms with Crippen LogP contribution in [0.1, 0.15) is 13.3 Å². The van der Waals surface area contributed by atoms with Crippen LogP contribution in [0.5, 0.6) is 5.75 Å². The quantitative estimate of drug-likeness (QED) is 0.752. The van der Waals surface area contributed by atoms with Crippen molar-refractivity contribution < 1.29 is 18.7 Å². The van der Waals surface area contributed by atoms with Crippen molar-refractivity contribution in [2.75, 3.05) is 49.8 Å². The average molecular weight is 387 g/mol. The Hall–Kier alpha value is -2.80. The predicted octanol–water partition coefficient (Wildman–Crippen LogP) is 3.92. The number of hydrogen-bond acceptors (Lipinski definition) is 5. The van der Waals surface area contributed by atoms with Crippen LogP contribution >= 0.6 is 0 Å². The van der Waals surface area contributed by atoms with E-state index < -0.39 is 6.09 Å². The number of hydrazine groups is 1. The summed E-state index contributed by atoms with van der Waals surface area (Å²) in [6, 6.07) is 14.1. The molecule has 28 heavy (non-hydrogen) atoms. The van der Waals surface area contributed by atoms with Crippen LogP contribution in [0, 0.1) is 5.82 Å². The fourth-order valence-electron chi connectivity index (χ4n) is 3.27. The van der Waals surface area contributed by atoms with Crippen molar-refractivity contribution in [3.8, 4) is 5.75 Å². The van der Waals surface area contributed by atoms with E-state index in [1.54, 1.807) is 19.2 Å². The van der Waals surface area contributed by atoms with Gasteiger partial charge >= 0.3 is 6.09 Å². The summed E-state index contributed by atoms with van der Waals surface area (Å²) in [6.45, 7) is 4.58. The fourth-order valence-corrected chi connectivity index (χ4v) is 3.27. The molecule has 2 aromatic rings. The molecular formula is C21H26FN3O3. The number of methoxy groups -OCH3 is 1. The largest absolute Gasteiger partial charge is 0.495 e. The van der Waals surface area contributed by atoms with Gasteiger partial charge in [0.15, 0.2) is 0 Å². The van der Waals surface area contributed by atoms with Crippen molar-refractivity contribution in [3.05, 3.63) is 54.3 Å². The van der Waals surface area contributed by atoms with Crippen LogP contribution in [0.15, 0.2) is 48.5 Å². The van der Waals surface area contributed by atoms with Crippen molar-refractivity contribution in [2.24, 2.45) is 0 Å². The van der Waals surface area contributed by atoms with Crippen molar-refractivity contribution in [1.29, 1.82) is 0 Å². The Labute approximate surface area is 165 Å². The van der Waals surface area contributed by atoms with E-state index in [9.17, 15) is 9.18 Å². The lowest BCUT2D eigenvalue weighted by Crippen LogP contribution is -2.56. The summed E-state index contributed by atoms with van der Waals surface area (Å²) < 4.78 is 25.0. The monoisotopic (exact) mass is 387 g/mol. The van der Waals surface area contributed by atoms with Crippen LogP contribution in [0.2, 0.25) is 0 Å². The molecular weight excluding hydrogens is 361 g/mol. The highest BCUT2D eigenvalue weighted by Gasteiger charge is 2.30. The second kappa shape index (κ2) is 9.41. The summed E-state index contributed by atoms with van der Waals surface area (Å²) in [7, 11) is 1.57. The number of para-hydroxylation sites is 3. The summed E-state index contributed by atoms with van der Waals surface area (Å²) in [4.78, 5) is 14.8. The molecule has 3 rings (SSSR count). The number of carbonyl (C=O) groups excluding carboxylic acids is 1. The third-order valence-corrected chi connectivity index (χ3v) is 4.65. The van der Waals surface area contributed by atoms with Crippen molar-refractivity contribution >= 4 is 17.5 Å². The van der Waals surface area contributed by atoms with Crippen LogP contribution in [0.3, 0.4) is 0 Å². The number of benzene rings is 2. The Morgan fingerprint density at radius 1 is 1.07 bits per heavy atom. The van der Waals surface area contributed by atoms with E-state index in [-0.39, 0.29) is 5.82 Å². The van der Waals surface area contributed by atoms with E-state index in [0.29, 0.717) is 49.9 Å². The van der Waals surface area contributed by atoms with Gasteiger partial charge in [0.25, 0.3) is 0 Å². The number of anilines is 2. The molecule has 0 atom stereocenters. The summed E-state index contributed by atoms with van der Waals surface area (Å²) in [5.74, 6) is 0.354. The molecule has 1 fully saturated rings. The Balaban J connectivity index is 1.80. The van der Waals surface area contributed by atoms with E-state index >= 15 is 0 Å². The Kier molecular flexibility index (Phi) is 6.71. The predicted molar refractivity (Wildman–Crippen MR) is 107 cm³/mol. The molecule has 0 aromatic heterocycles. The van der Waals surface area contributed by atoms with E-state index in [1.165, 1.54) is 11.1 Å². The zero-order valence-electron chi connectivity index (χ0n) is 16.3. The second-order valence-corrected chi connectivity index (χ2v) is 6.49. The highest BCUT2D eigenvalue weighted by molar-refractivity contribution is 5.88. The topological polar surface area (TPSA) is 45.2 Å². The highest BCUT2D eigenvalue weighted by Crippen LogP contribution is 2.30. The summed E-state index contributed by atoms with van der Waals surface area (Å²) >= 11 is 0. The Bertz CT molecular complexity index is 794. The molecule has 1 aliphatic rings. The fraction of sp³-hybridized carbons (Fsp3) is 0.381. The standard InChI is InChI=1S/C21H26FN3O3/c1-3-16-28-21(26)25(19-10-6-7-11-20(19)27-2)24-14-12-23(13-15-24)18-9-5-4-8-17(18)22/h4-11H,3,12-16H2,1-2H3. The molecule has 1 saturated heterocycles. The van der Waals surface area contributed by atoms with Gasteiger partial charge in [-0.2, -0.15) is 0 Å². The van der Waals surface area contributed by atoms with Crippen molar-refractivity contribution in [3.63, 3.8) is 0 Å². The molecule has 7 heteroatoms. The van der Waals surface area contributed by atoms with Gasteiger partial charge in [-0.05, 0) is 30.7 Å². The number of rotatable bonds is 6. The first kappa shape index (κ1) is 19.9. The first-order valence-electron chi connectivity index (χ1n) is 9.50. The summed E-state index contributed by atoms with van der Waals surface area (Å²) in [5.41, 5.74) is 1.21. The minimum Gasteiger partial charge on any atom is -0.495 e. The maximum atomic E-state index is 14.1. The van der Waals surface area contributed by atoms with Gasteiger partial charge in [-0.15, -0.1) is 0 Å². The van der Waals surface area contributed by atoms with Crippen LogP contribution < -0.4 is 14.6 Å². The van der Waals surface area contributed by atoms with Crippen LogP contribution in [-0.4, -0.2) is 51.0 Å². The zero-order chi connectivity index (χ0) is 19.9. The Morgan fingerprint density at radius 2 is 1.75 bits per heavy atom. The van der Waals surface area contributed by atoms with Crippen LogP contribution in [-0.2, 0) is 4.74 Å². The van der Waals surface area contributed by atoms with Crippen LogP contribution in [0.4, 0.5) is 20.6 Å². The minimum atomic E-state index is -0.439. The van der Waals surface area contributed by atoms with E-state index in [4.69, 9.17) is 9.47 Å². The maximum Gasteiger partial charge on any atom is 0.429 e. The van der Waals surface area contributed by atoms with E-state index in [0.717, 1.165) is 6.42 Å². The molecule has 0 spiro atoms. The number of halogens is 1. The average Bonchev–Trinajstić information content (AvgIpc) is 2.74. The Morgan fingerprint density at radius 3 is 2.43 bits per heavy atom. The van der Waals surface area contributed by atoms with Gasteiger partial charge in [0.05, 0.1) is 19.4 Å². The molecule has 0 aliphatic carbocycles. The molecule has 2 aromatic carbocycles. The third-order valence-electron chi connectivity index (χ3n) is 4.65. The normalized spacial score (nSPS) is 14.6. The first-order chi connectivity index (χ1) is 13.7. The second-order valence-electron chi connectivity index (χ2n) is 6.49. The lowest BCUT2D eigenvalue weighted by molar-refractivity contribution is 0.126. The molecule has 1 aliphatic heterocycles. The number of amides is 1. The molecule has 6 nitrogen and oxygen atoms in total. The lowest BCUT2D eigenvalue weighted by atomic mass is 10.2. The number of ether oxygens (including phenoxy) is 2. The molecule has 0 radical (unpaired) electrons. The zero-order valence-corrected chi connectivity index (χ0v) is 16.3. The molecule has 0 unspecified atom stereocenters. The van der Waals surface area contributed by atoms with Crippen molar-refractivity contribution in [1.82, 2.24) is 5.01 Å². The smallest absolute Gasteiger partial charge is 0.429 e. The first-order valence-corrected chi connectivity index (χ1v) is 9.50. The summed E-state index contributed by atoms with van der Waals surface area (Å²) in [5, 5.41) is 3.46. The van der Waals surface area contributed by atoms with Gasteiger partial charge in [-0.1, -0.05) is 31.2 Å². The van der Waals surface area contributed by atoms with Gasteiger partial charge in [0.2, 0.25) is 0 Å². The van der Waals surface area contributed by atoms with Crippen molar-refractivity contribution in [2.45, 2.75) is 13.3 Å². The third kappa shape index (κ3) is 4.36. The minimum absolute atomic E-state index is 0.236. The van der Waals surface area contributed by atoms with E-state index in [1.807, 2.05) is 47.2 Å². The number of piperazine rings is 1. The molecule has 1 heterocycles. The maximum absolute atomic E-state index is 14.1. The molecule has 150 valence electrons. The van der Waals surface area contributed by atoms with Gasteiger partial charge in [-0.3, -0.25) is 0 Å². The number of hydrogen-bond donors (Lipinski definition) is 0. The molecule has 0 bridgehead atoms. The summed E-state index contributed by atoms with van der Waals surface area (Å²) in [6.07, 6.45) is 0.303. The SMILES string of the molecule is CCCOC(=O)N(c1ccccc1OC)N1CCN(c2ccccc2F)CC1. The van der Waals surface area contributed by atoms with Crippen LogP contribution in [0.25, 0.3) is 0 Å². The van der Waals surface area contributed by atoms with E-state index in [2.05, 4.69) is 0 Å². The number of nitrogens with zero attached hydrogens (tertiary/aromatic N) is 3. The number of carbonyl (C=O) groups is 1. The van der Waals surface area contributed by atoms with Gasteiger partial charge in [0, 0.05) is 26.2 Å². The lowest BCUT2D eigenvalue weighted by Gasteiger charge is -2.41. The van der Waals surface area contributed by atoms with Gasteiger partial charge < -0.3 is 14.4 Å². The van der Waals surface area contributed by atoms with Gasteiger partial charge in [0.1, 0.15) is 17.3 Å². The van der Waals surface area contributed by atoms with Gasteiger partial charge in [-0.25, -0.2) is 19.2 Å². The molecule has 0 saturated carbocycles.